The molecule has 5 heteroatoms. The largest absolute Gasteiger partial charge is 0.493 e. The molecular weight excluding hydrogens is 270 g/mol. The molecule has 1 aromatic carbocycles. The zero-order valence-corrected chi connectivity index (χ0v) is 12.7. The summed E-state index contributed by atoms with van der Waals surface area (Å²) in [5.74, 6) is 0.657. The second kappa shape index (κ2) is 5.99. The number of methoxy groups -OCH3 is 2. The number of hydrogen-bond acceptors (Lipinski definition) is 4. The lowest BCUT2D eigenvalue weighted by molar-refractivity contribution is -0.136. The fraction of sp³-hybridized carbons (Fsp3) is 0.375. The molecule has 0 saturated carbocycles. The SMILES string of the molecule is CCCN1C(=O)C(C)=C(c2ccc(OC)c(OC)c2)C1=O. The van der Waals surface area contributed by atoms with Gasteiger partial charge in [-0.1, -0.05) is 13.0 Å². The number of carbonyl (C=O) groups excluding carboxylic acids is 2. The van der Waals surface area contributed by atoms with Crippen molar-refractivity contribution in [3.8, 4) is 11.5 Å². The Kier molecular flexibility index (Phi) is 4.31. The van der Waals surface area contributed by atoms with Crippen LogP contribution in [0.25, 0.3) is 5.57 Å². The lowest BCUT2D eigenvalue weighted by Crippen LogP contribution is -2.32. The summed E-state index contributed by atoms with van der Waals surface area (Å²) < 4.78 is 10.4. The molecule has 0 unspecified atom stereocenters. The average molecular weight is 289 g/mol. The van der Waals surface area contributed by atoms with Gasteiger partial charge in [-0.15, -0.1) is 0 Å². The predicted molar refractivity (Wildman–Crippen MR) is 79.2 cm³/mol. The summed E-state index contributed by atoms with van der Waals surface area (Å²) in [6.07, 6.45) is 0.740. The Labute approximate surface area is 124 Å². The van der Waals surface area contributed by atoms with E-state index in [0.717, 1.165) is 6.42 Å². The first-order valence-electron chi connectivity index (χ1n) is 6.84. The first-order chi connectivity index (χ1) is 10.0. The number of nitrogens with zero attached hydrogens (tertiary/aromatic N) is 1. The highest BCUT2D eigenvalue weighted by Gasteiger charge is 2.36. The molecule has 112 valence electrons. The van der Waals surface area contributed by atoms with Gasteiger partial charge in [-0.3, -0.25) is 14.5 Å². The van der Waals surface area contributed by atoms with E-state index in [1.807, 2.05) is 6.92 Å². The maximum atomic E-state index is 12.4. The molecule has 0 N–H and O–H groups in total. The fourth-order valence-corrected chi connectivity index (χ4v) is 2.46. The van der Waals surface area contributed by atoms with Crippen molar-refractivity contribution in [2.24, 2.45) is 0 Å². The average Bonchev–Trinajstić information content (AvgIpc) is 2.71. The van der Waals surface area contributed by atoms with E-state index < -0.39 is 0 Å². The zero-order valence-electron chi connectivity index (χ0n) is 12.7. The Morgan fingerprint density at radius 3 is 2.29 bits per heavy atom. The number of amides is 2. The van der Waals surface area contributed by atoms with E-state index in [1.165, 1.54) is 12.0 Å². The van der Waals surface area contributed by atoms with Crippen molar-refractivity contribution in [3.63, 3.8) is 0 Å². The molecule has 1 heterocycles. The van der Waals surface area contributed by atoms with Gasteiger partial charge in [0, 0.05) is 12.1 Å². The molecule has 1 aliphatic rings. The minimum absolute atomic E-state index is 0.216. The number of ether oxygens (including phenoxy) is 2. The van der Waals surface area contributed by atoms with Gasteiger partial charge in [0.2, 0.25) is 0 Å². The smallest absolute Gasteiger partial charge is 0.261 e. The quantitative estimate of drug-likeness (QED) is 0.780. The van der Waals surface area contributed by atoms with Gasteiger partial charge in [0.05, 0.1) is 19.8 Å². The van der Waals surface area contributed by atoms with Gasteiger partial charge in [-0.25, -0.2) is 0 Å². The van der Waals surface area contributed by atoms with Crippen molar-refractivity contribution in [1.29, 1.82) is 0 Å². The molecule has 0 bridgehead atoms. The van der Waals surface area contributed by atoms with Gasteiger partial charge in [-0.2, -0.15) is 0 Å². The molecule has 21 heavy (non-hydrogen) atoms. The van der Waals surface area contributed by atoms with Gasteiger partial charge in [-0.05, 0) is 31.0 Å². The summed E-state index contributed by atoms with van der Waals surface area (Å²) in [5.41, 5.74) is 1.58. The van der Waals surface area contributed by atoms with Crippen LogP contribution in [0.4, 0.5) is 0 Å². The number of carbonyl (C=O) groups is 2. The molecule has 2 rings (SSSR count). The third kappa shape index (κ3) is 2.51. The summed E-state index contributed by atoms with van der Waals surface area (Å²) in [5, 5.41) is 0. The molecule has 1 aliphatic heterocycles. The Hall–Kier alpha value is -2.30. The highest BCUT2D eigenvalue weighted by molar-refractivity contribution is 6.35. The van der Waals surface area contributed by atoms with Crippen LogP contribution < -0.4 is 9.47 Å². The minimum atomic E-state index is -0.244. The number of imide groups is 1. The number of benzene rings is 1. The summed E-state index contributed by atoms with van der Waals surface area (Å²) in [7, 11) is 3.09. The van der Waals surface area contributed by atoms with Crippen LogP contribution in [0.3, 0.4) is 0 Å². The van der Waals surface area contributed by atoms with E-state index in [2.05, 4.69) is 0 Å². The molecule has 0 saturated heterocycles. The molecule has 0 atom stereocenters. The van der Waals surface area contributed by atoms with Crippen LogP contribution >= 0.6 is 0 Å². The highest BCUT2D eigenvalue weighted by atomic mass is 16.5. The maximum Gasteiger partial charge on any atom is 0.261 e. The van der Waals surface area contributed by atoms with E-state index >= 15 is 0 Å². The molecule has 1 aromatic rings. The second-order valence-corrected chi connectivity index (χ2v) is 4.83. The monoisotopic (exact) mass is 289 g/mol. The van der Waals surface area contributed by atoms with E-state index in [4.69, 9.17) is 9.47 Å². The maximum absolute atomic E-state index is 12.4. The molecule has 0 aliphatic carbocycles. The van der Waals surface area contributed by atoms with Crippen LogP contribution in [-0.2, 0) is 9.59 Å². The first kappa shape index (κ1) is 15.1. The topological polar surface area (TPSA) is 55.8 Å². The molecule has 2 amide bonds. The number of rotatable bonds is 5. The normalized spacial score (nSPS) is 15.0. The van der Waals surface area contributed by atoms with Crippen LogP contribution in [0.2, 0.25) is 0 Å². The van der Waals surface area contributed by atoms with Gasteiger partial charge in [0.25, 0.3) is 11.8 Å². The molecule has 0 spiro atoms. The minimum Gasteiger partial charge on any atom is -0.493 e. The Balaban J connectivity index is 2.46. The van der Waals surface area contributed by atoms with Crippen LogP contribution in [0.15, 0.2) is 23.8 Å². The van der Waals surface area contributed by atoms with Crippen molar-refractivity contribution in [2.75, 3.05) is 20.8 Å². The van der Waals surface area contributed by atoms with Crippen LogP contribution in [-0.4, -0.2) is 37.5 Å². The highest BCUT2D eigenvalue weighted by Crippen LogP contribution is 2.35. The molecule has 5 nitrogen and oxygen atoms in total. The first-order valence-corrected chi connectivity index (χ1v) is 6.84. The summed E-state index contributed by atoms with van der Waals surface area (Å²) >= 11 is 0. The van der Waals surface area contributed by atoms with Gasteiger partial charge < -0.3 is 9.47 Å². The number of hydrogen-bond donors (Lipinski definition) is 0. The van der Waals surface area contributed by atoms with Crippen molar-refractivity contribution < 1.29 is 19.1 Å². The van der Waals surface area contributed by atoms with Gasteiger partial charge in [0.1, 0.15) is 0 Å². The lowest BCUT2D eigenvalue weighted by Gasteiger charge is -2.14. The molecule has 0 aromatic heterocycles. The van der Waals surface area contributed by atoms with E-state index in [0.29, 0.717) is 34.8 Å². The van der Waals surface area contributed by atoms with Crippen LogP contribution in [0.5, 0.6) is 11.5 Å². The van der Waals surface area contributed by atoms with Crippen molar-refractivity contribution in [3.05, 3.63) is 29.3 Å². The van der Waals surface area contributed by atoms with E-state index in [1.54, 1.807) is 32.2 Å². The van der Waals surface area contributed by atoms with Crippen LogP contribution in [0.1, 0.15) is 25.8 Å². The molecule has 0 radical (unpaired) electrons. The summed E-state index contributed by atoms with van der Waals surface area (Å²) in [6.45, 7) is 4.05. The fourth-order valence-electron chi connectivity index (χ4n) is 2.46. The molecular formula is C16H19NO4. The Morgan fingerprint density at radius 1 is 1.05 bits per heavy atom. The van der Waals surface area contributed by atoms with Gasteiger partial charge >= 0.3 is 0 Å². The molecule has 0 fully saturated rings. The van der Waals surface area contributed by atoms with Crippen molar-refractivity contribution >= 4 is 17.4 Å². The van der Waals surface area contributed by atoms with Gasteiger partial charge in [0.15, 0.2) is 11.5 Å². The van der Waals surface area contributed by atoms with E-state index in [-0.39, 0.29) is 11.8 Å². The standard InChI is InChI=1S/C16H19NO4/c1-5-8-17-15(18)10(2)14(16(17)19)11-6-7-12(20-3)13(9-11)21-4/h6-7,9H,5,8H2,1-4H3. The third-order valence-electron chi connectivity index (χ3n) is 3.52. The Bertz CT molecular complexity index is 619. The predicted octanol–water partition coefficient (Wildman–Crippen LogP) is 2.26. The van der Waals surface area contributed by atoms with E-state index in [9.17, 15) is 9.59 Å². The zero-order chi connectivity index (χ0) is 15.6. The van der Waals surface area contributed by atoms with Crippen molar-refractivity contribution in [2.45, 2.75) is 20.3 Å². The lowest BCUT2D eigenvalue weighted by atomic mass is 10.0. The summed E-state index contributed by atoms with van der Waals surface area (Å²) in [4.78, 5) is 25.9. The van der Waals surface area contributed by atoms with Crippen molar-refractivity contribution in [1.82, 2.24) is 4.90 Å². The summed E-state index contributed by atoms with van der Waals surface area (Å²) in [6, 6.07) is 5.22. The second-order valence-electron chi connectivity index (χ2n) is 4.83. The Morgan fingerprint density at radius 2 is 1.71 bits per heavy atom. The third-order valence-corrected chi connectivity index (χ3v) is 3.52. The van der Waals surface area contributed by atoms with Crippen LogP contribution in [0, 0.1) is 0 Å².